The Bertz CT molecular complexity index is 1280. The number of rotatable bonds is 9. The van der Waals surface area contributed by atoms with Crippen LogP contribution in [-0.4, -0.2) is 45.5 Å². The van der Waals surface area contributed by atoms with Crippen molar-refractivity contribution < 1.29 is 23.8 Å². The third-order valence-corrected chi connectivity index (χ3v) is 6.33. The van der Waals surface area contributed by atoms with Gasteiger partial charge < -0.3 is 24.7 Å². The first-order valence-corrected chi connectivity index (χ1v) is 12.3. The van der Waals surface area contributed by atoms with Crippen molar-refractivity contribution >= 4 is 17.1 Å². The maximum atomic E-state index is 12.7. The Morgan fingerprint density at radius 1 is 1.31 bits per heavy atom. The van der Waals surface area contributed by atoms with E-state index in [9.17, 15) is 14.7 Å². The maximum absolute atomic E-state index is 12.7. The molecule has 1 aromatic carbocycles. The molecule has 3 heterocycles. The molecule has 9 nitrogen and oxygen atoms in total. The van der Waals surface area contributed by atoms with E-state index in [0.29, 0.717) is 11.1 Å². The molecule has 3 N–H and O–H groups in total. The molecule has 0 amide bonds. The van der Waals surface area contributed by atoms with Crippen LogP contribution in [0.5, 0.6) is 0 Å². The van der Waals surface area contributed by atoms with E-state index in [1.807, 2.05) is 44.2 Å². The van der Waals surface area contributed by atoms with Crippen LogP contribution >= 0.6 is 0 Å². The van der Waals surface area contributed by atoms with Crippen molar-refractivity contribution in [3.63, 3.8) is 0 Å². The van der Waals surface area contributed by atoms with Gasteiger partial charge in [0.2, 0.25) is 5.71 Å². The van der Waals surface area contributed by atoms with Crippen LogP contribution in [0.2, 0.25) is 0 Å². The third kappa shape index (κ3) is 5.75. The number of hydrogen-bond donors (Lipinski definition) is 2. The SMILES string of the molecule is CC/C=C/Cc1ccc(-c2cc3cn(C4CC(O)C(COC(=O)C(N)C(C)C)O4)c(=O)nc3o2)cc1. The minimum absolute atomic E-state index is 0.0724. The van der Waals surface area contributed by atoms with E-state index in [2.05, 4.69) is 24.1 Å². The highest BCUT2D eigenvalue weighted by molar-refractivity contribution is 5.79. The summed E-state index contributed by atoms with van der Waals surface area (Å²) in [7, 11) is 0. The summed E-state index contributed by atoms with van der Waals surface area (Å²) in [5.41, 5.74) is 7.55. The predicted molar refractivity (Wildman–Crippen MR) is 135 cm³/mol. The van der Waals surface area contributed by atoms with Gasteiger partial charge >= 0.3 is 11.7 Å². The zero-order chi connectivity index (χ0) is 25.8. The molecule has 0 saturated carbocycles. The molecule has 4 atom stereocenters. The molecule has 2 aromatic heterocycles. The van der Waals surface area contributed by atoms with Crippen LogP contribution < -0.4 is 11.4 Å². The van der Waals surface area contributed by atoms with E-state index in [0.717, 1.165) is 18.4 Å². The highest BCUT2D eigenvalue weighted by Gasteiger charge is 2.37. The second kappa shape index (κ2) is 11.2. The van der Waals surface area contributed by atoms with E-state index in [1.54, 1.807) is 6.20 Å². The molecule has 9 heteroatoms. The summed E-state index contributed by atoms with van der Waals surface area (Å²) in [5, 5.41) is 11.1. The minimum atomic E-state index is -0.911. The lowest BCUT2D eigenvalue weighted by Crippen LogP contribution is -2.39. The molecule has 36 heavy (non-hydrogen) atoms. The number of furan rings is 1. The third-order valence-electron chi connectivity index (χ3n) is 6.33. The summed E-state index contributed by atoms with van der Waals surface area (Å²) in [4.78, 5) is 28.8. The molecular weight excluding hydrogens is 462 g/mol. The van der Waals surface area contributed by atoms with Gasteiger partial charge in [0.15, 0.2) is 0 Å². The maximum Gasteiger partial charge on any atom is 0.353 e. The fourth-order valence-corrected chi connectivity index (χ4v) is 4.03. The van der Waals surface area contributed by atoms with Gasteiger partial charge in [-0.05, 0) is 30.4 Å². The molecule has 4 rings (SSSR count). The predicted octanol–water partition coefficient (Wildman–Crippen LogP) is 3.34. The summed E-state index contributed by atoms with van der Waals surface area (Å²) in [5.74, 6) is -0.0263. The van der Waals surface area contributed by atoms with Gasteiger partial charge in [-0.3, -0.25) is 9.36 Å². The van der Waals surface area contributed by atoms with Gasteiger partial charge in [-0.1, -0.05) is 57.2 Å². The van der Waals surface area contributed by atoms with Gasteiger partial charge in [-0.2, -0.15) is 4.98 Å². The van der Waals surface area contributed by atoms with Crippen molar-refractivity contribution in [1.29, 1.82) is 0 Å². The van der Waals surface area contributed by atoms with E-state index >= 15 is 0 Å². The minimum Gasteiger partial charge on any atom is -0.462 e. The van der Waals surface area contributed by atoms with Gasteiger partial charge in [-0.25, -0.2) is 4.79 Å². The number of esters is 1. The number of aromatic nitrogens is 2. The van der Waals surface area contributed by atoms with Crippen molar-refractivity contribution in [2.75, 3.05) is 6.61 Å². The van der Waals surface area contributed by atoms with Crippen molar-refractivity contribution in [2.45, 2.75) is 64.5 Å². The number of hydrogen-bond acceptors (Lipinski definition) is 8. The van der Waals surface area contributed by atoms with Gasteiger partial charge in [0.05, 0.1) is 11.5 Å². The van der Waals surface area contributed by atoms with Crippen LogP contribution in [-0.2, 0) is 20.7 Å². The zero-order valence-corrected chi connectivity index (χ0v) is 20.8. The first kappa shape index (κ1) is 25.8. The molecule has 0 spiro atoms. The Morgan fingerprint density at radius 3 is 2.75 bits per heavy atom. The van der Waals surface area contributed by atoms with Crippen molar-refractivity contribution in [3.8, 4) is 11.3 Å². The van der Waals surface area contributed by atoms with E-state index in [1.165, 1.54) is 10.1 Å². The van der Waals surface area contributed by atoms with Crippen molar-refractivity contribution in [2.24, 2.45) is 11.7 Å². The summed E-state index contributed by atoms with van der Waals surface area (Å²) in [6, 6.07) is 9.12. The number of aliphatic hydroxyl groups excluding tert-OH is 1. The largest absolute Gasteiger partial charge is 0.462 e. The molecule has 1 saturated heterocycles. The number of benzene rings is 1. The van der Waals surface area contributed by atoms with Gasteiger partial charge in [-0.15, -0.1) is 0 Å². The molecule has 1 aliphatic rings. The standard InChI is InChI=1S/C27H33N3O6/c1-4-5-6-7-17-8-10-18(11-9-17)21-12-19-14-30(27(33)29-25(19)36-21)23-13-20(31)22(35-23)15-34-26(32)24(28)16(2)3/h5-6,8-12,14,16,20,22-24,31H,4,7,13,15,28H2,1-3H3/b6-5+. The number of aliphatic hydroxyl groups is 1. The number of carbonyl (C=O) groups excluding carboxylic acids is 1. The van der Waals surface area contributed by atoms with E-state index in [4.69, 9.17) is 19.6 Å². The number of carbonyl (C=O) groups is 1. The molecule has 1 aliphatic heterocycles. The average Bonchev–Trinajstić information content (AvgIpc) is 3.44. The summed E-state index contributed by atoms with van der Waals surface area (Å²) >= 11 is 0. The first-order chi connectivity index (χ1) is 17.3. The Hall–Kier alpha value is -3.27. The van der Waals surface area contributed by atoms with E-state index < -0.39 is 36.1 Å². The monoisotopic (exact) mass is 495 g/mol. The quantitative estimate of drug-likeness (QED) is 0.341. The highest BCUT2D eigenvalue weighted by atomic mass is 16.6. The number of ether oxygens (including phenoxy) is 2. The molecule has 4 unspecified atom stereocenters. The summed E-state index contributed by atoms with van der Waals surface area (Å²) in [6.07, 6.45) is 5.50. The number of nitrogens with two attached hydrogens (primary N) is 1. The number of fused-ring (bicyclic) bond motifs is 1. The van der Waals surface area contributed by atoms with Crippen LogP contribution in [0.25, 0.3) is 22.4 Å². The van der Waals surface area contributed by atoms with Crippen molar-refractivity contribution in [3.05, 3.63) is 64.7 Å². The molecule has 3 aromatic rings. The van der Waals surface area contributed by atoms with Crippen LogP contribution in [0.15, 0.2) is 57.9 Å². The number of allylic oxidation sites excluding steroid dienone is 2. The Balaban J connectivity index is 1.47. The lowest BCUT2D eigenvalue weighted by molar-refractivity contribution is -0.152. The fraction of sp³-hybridized carbons (Fsp3) is 0.444. The van der Waals surface area contributed by atoms with Crippen LogP contribution in [0.1, 0.15) is 45.4 Å². The molecule has 192 valence electrons. The van der Waals surface area contributed by atoms with Crippen molar-refractivity contribution in [1.82, 2.24) is 9.55 Å². The van der Waals surface area contributed by atoms with Crippen LogP contribution in [0.3, 0.4) is 0 Å². The highest BCUT2D eigenvalue weighted by Crippen LogP contribution is 2.31. The van der Waals surface area contributed by atoms with Gasteiger partial charge in [0, 0.05) is 18.2 Å². The molecular formula is C27H33N3O6. The molecule has 0 aliphatic carbocycles. The topological polar surface area (TPSA) is 130 Å². The van der Waals surface area contributed by atoms with Gasteiger partial charge in [0.25, 0.3) is 0 Å². The smallest absolute Gasteiger partial charge is 0.353 e. The summed E-state index contributed by atoms with van der Waals surface area (Å²) in [6.45, 7) is 5.59. The van der Waals surface area contributed by atoms with Crippen LogP contribution in [0, 0.1) is 5.92 Å². The van der Waals surface area contributed by atoms with Gasteiger partial charge in [0.1, 0.15) is 30.7 Å². The lowest BCUT2D eigenvalue weighted by atomic mass is 10.1. The summed E-state index contributed by atoms with van der Waals surface area (Å²) < 4.78 is 18.2. The zero-order valence-electron chi connectivity index (χ0n) is 20.8. The first-order valence-electron chi connectivity index (χ1n) is 12.3. The Kier molecular flexibility index (Phi) is 8.03. The molecule has 1 fully saturated rings. The number of nitrogens with zero attached hydrogens (tertiary/aromatic N) is 2. The second-order valence-corrected chi connectivity index (χ2v) is 9.41. The second-order valence-electron chi connectivity index (χ2n) is 9.41. The normalized spacial score (nSPS) is 21.0. The fourth-order valence-electron chi connectivity index (χ4n) is 4.03. The molecule has 0 radical (unpaired) electrons. The Labute approximate surface area is 209 Å². The lowest BCUT2D eigenvalue weighted by Gasteiger charge is -2.18. The van der Waals surface area contributed by atoms with E-state index in [-0.39, 0.29) is 24.7 Å². The average molecular weight is 496 g/mol. The molecule has 0 bridgehead atoms. The van der Waals surface area contributed by atoms with Crippen LogP contribution in [0.4, 0.5) is 0 Å². The Morgan fingerprint density at radius 2 is 2.06 bits per heavy atom.